The lowest BCUT2D eigenvalue weighted by atomic mass is 9.71. The van der Waals surface area contributed by atoms with Gasteiger partial charge in [0.25, 0.3) is 0 Å². The Kier molecular flexibility index (Phi) is 5.08. The van der Waals surface area contributed by atoms with Crippen molar-refractivity contribution in [2.75, 3.05) is 13.7 Å². The lowest BCUT2D eigenvalue weighted by Crippen LogP contribution is -2.56. The van der Waals surface area contributed by atoms with Gasteiger partial charge in [0, 0.05) is 12.6 Å². The molecule has 18 heavy (non-hydrogen) atoms. The van der Waals surface area contributed by atoms with E-state index in [1.54, 1.807) is 0 Å². The molecule has 0 aromatic carbocycles. The average Bonchev–Trinajstić information content (AvgIpc) is 2.88. The third-order valence-electron chi connectivity index (χ3n) is 5.30. The molecule has 2 rings (SSSR count). The van der Waals surface area contributed by atoms with Crippen molar-refractivity contribution in [3.63, 3.8) is 0 Å². The monoisotopic (exact) mass is 253 g/mol. The van der Waals surface area contributed by atoms with E-state index in [0.717, 1.165) is 18.4 Å². The standard InChI is InChI=1S/C16H31NO/c1-4-18-16(11-9-13(2)10-12-16)15(17-3)14-7-5-6-8-14/h13-15,17H,4-12H2,1-3H3. The zero-order chi connectivity index (χ0) is 13.0. The third kappa shape index (κ3) is 2.91. The fourth-order valence-electron chi connectivity index (χ4n) is 4.30. The summed E-state index contributed by atoms with van der Waals surface area (Å²) in [6, 6.07) is 0.576. The molecule has 2 aliphatic carbocycles. The van der Waals surface area contributed by atoms with E-state index < -0.39 is 0 Å². The smallest absolute Gasteiger partial charge is 0.0837 e. The van der Waals surface area contributed by atoms with Gasteiger partial charge in [-0.15, -0.1) is 0 Å². The van der Waals surface area contributed by atoms with Crippen LogP contribution in [0, 0.1) is 11.8 Å². The molecule has 2 aliphatic rings. The van der Waals surface area contributed by atoms with Gasteiger partial charge in [0.05, 0.1) is 5.60 Å². The van der Waals surface area contributed by atoms with Crippen LogP contribution in [0.3, 0.4) is 0 Å². The van der Waals surface area contributed by atoms with Crippen molar-refractivity contribution in [3.05, 3.63) is 0 Å². The Morgan fingerprint density at radius 3 is 2.28 bits per heavy atom. The normalized spacial score (nSPS) is 35.8. The summed E-state index contributed by atoms with van der Waals surface area (Å²) in [6.45, 7) is 5.40. The molecule has 0 aromatic rings. The Hall–Kier alpha value is -0.0800. The summed E-state index contributed by atoms with van der Waals surface area (Å²) in [5.41, 5.74) is 0.130. The predicted molar refractivity (Wildman–Crippen MR) is 76.8 cm³/mol. The summed E-state index contributed by atoms with van der Waals surface area (Å²) in [5.74, 6) is 1.73. The van der Waals surface area contributed by atoms with Crippen LogP contribution in [0.25, 0.3) is 0 Å². The van der Waals surface area contributed by atoms with Gasteiger partial charge in [-0.25, -0.2) is 0 Å². The Labute approximate surface area is 113 Å². The third-order valence-corrected chi connectivity index (χ3v) is 5.30. The lowest BCUT2D eigenvalue weighted by Gasteiger charge is -2.47. The van der Waals surface area contributed by atoms with Crippen LogP contribution < -0.4 is 5.32 Å². The summed E-state index contributed by atoms with van der Waals surface area (Å²) in [7, 11) is 2.14. The molecular formula is C16H31NO. The Balaban J connectivity index is 2.10. The molecule has 106 valence electrons. The topological polar surface area (TPSA) is 21.3 Å². The molecule has 0 bridgehead atoms. The molecule has 0 saturated heterocycles. The second kappa shape index (κ2) is 6.38. The van der Waals surface area contributed by atoms with Gasteiger partial charge in [-0.05, 0) is 64.3 Å². The first-order valence-electron chi connectivity index (χ1n) is 8.03. The number of nitrogens with one attached hydrogen (secondary N) is 1. The van der Waals surface area contributed by atoms with Gasteiger partial charge < -0.3 is 10.1 Å². The minimum Gasteiger partial charge on any atom is -0.374 e. The summed E-state index contributed by atoms with van der Waals surface area (Å²) in [4.78, 5) is 0. The predicted octanol–water partition coefficient (Wildman–Crippen LogP) is 3.75. The molecule has 1 atom stereocenters. The second-order valence-electron chi connectivity index (χ2n) is 6.49. The van der Waals surface area contributed by atoms with E-state index in [4.69, 9.17) is 4.74 Å². The SMILES string of the molecule is CCOC1(C(NC)C2CCCC2)CCC(C)CC1. The fourth-order valence-corrected chi connectivity index (χ4v) is 4.30. The molecule has 0 aliphatic heterocycles. The van der Waals surface area contributed by atoms with E-state index >= 15 is 0 Å². The molecule has 0 heterocycles. The van der Waals surface area contributed by atoms with Crippen LogP contribution in [0.4, 0.5) is 0 Å². The molecule has 1 unspecified atom stereocenters. The Bertz CT molecular complexity index is 239. The van der Waals surface area contributed by atoms with Gasteiger partial charge in [0.15, 0.2) is 0 Å². The van der Waals surface area contributed by atoms with Crippen LogP contribution in [-0.2, 0) is 4.74 Å². The van der Waals surface area contributed by atoms with E-state index in [1.807, 2.05) is 0 Å². The van der Waals surface area contributed by atoms with Gasteiger partial charge >= 0.3 is 0 Å². The van der Waals surface area contributed by atoms with Crippen molar-refractivity contribution in [2.24, 2.45) is 11.8 Å². The lowest BCUT2D eigenvalue weighted by molar-refractivity contribution is -0.106. The maximum Gasteiger partial charge on any atom is 0.0837 e. The highest BCUT2D eigenvalue weighted by molar-refractivity contribution is 5.00. The largest absolute Gasteiger partial charge is 0.374 e. The molecule has 2 nitrogen and oxygen atoms in total. The Morgan fingerprint density at radius 2 is 1.78 bits per heavy atom. The zero-order valence-corrected chi connectivity index (χ0v) is 12.5. The van der Waals surface area contributed by atoms with Gasteiger partial charge in [0.2, 0.25) is 0 Å². The minimum atomic E-state index is 0.130. The fraction of sp³-hybridized carbons (Fsp3) is 1.00. The molecule has 0 aromatic heterocycles. The van der Waals surface area contributed by atoms with Gasteiger partial charge in [-0.1, -0.05) is 19.8 Å². The molecular weight excluding hydrogens is 222 g/mol. The van der Waals surface area contributed by atoms with E-state index in [0.29, 0.717) is 6.04 Å². The van der Waals surface area contributed by atoms with Crippen molar-refractivity contribution < 1.29 is 4.74 Å². The summed E-state index contributed by atoms with van der Waals surface area (Å²) in [5, 5.41) is 3.63. The van der Waals surface area contributed by atoms with Crippen molar-refractivity contribution >= 4 is 0 Å². The molecule has 2 fully saturated rings. The highest BCUT2D eigenvalue weighted by Gasteiger charge is 2.45. The molecule has 0 radical (unpaired) electrons. The van der Waals surface area contributed by atoms with Crippen LogP contribution in [0.5, 0.6) is 0 Å². The highest BCUT2D eigenvalue weighted by atomic mass is 16.5. The summed E-state index contributed by atoms with van der Waals surface area (Å²) < 4.78 is 6.32. The van der Waals surface area contributed by atoms with Crippen LogP contribution in [-0.4, -0.2) is 25.3 Å². The van der Waals surface area contributed by atoms with E-state index in [2.05, 4.69) is 26.2 Å². The second-order valence-corrected chi connectivity index (χ2v) is 6.49. The molecule has 2 saturated carbocycles. The van der Waals surface area contributed by atoms with Crippen molar-refractivity contribution in [2.45, 2.75) is 76.9 Å². The van der Waals surface area contributed by atoms with Crippen LogP contribution >= 0.6 is 0 Å². The van der Waals surface area contributed by atoms with E-state index in [-0.39, 0.29) is 5.60 Å². The van der Waals surface area contributed by atoms with Gasteiger partial charge in [-0.3, -0.25) is 0 Å². The van der Waals surface area contributed by atoms with Crippen molar-refractivity contribution in [1.82, 2.24) is 5.32 Å². The number of rotatable bonds is 5. The number of likely N-dealkylation sites (N-methyl/N-ethyl adjacent to an activating group) is 1. The first-order valence-corrected chi connectivity index (χ1v) is 8.03. The number of hydrogen-bond acceptors (Lipinski definition) is 2. The number of hydrogen-bond donors (Lipinski definition) is 1. The maximum absolute atomic E-state index is 6.32. The maximum atomic E-state index is 6.32. The number of ether oxygens (including phenoxy) is 1. The van der Waals surface area contributed by atoms with Crippen molar-refractivity contribution in [3.8, 4) is 0 Å². The summed E-state index contributed by atoms with van der Waals surface area (Å²) >= 11 is 0. The Morgan fingerprint density at radius 1 is 1.17 bits per heavy atom. The average molecular weight is 253 g/mol. The first kappa shape index (κ1) is 14.3. The molecule has 2 heteroatoms. The van der Waals surface area contributed by atoms with Crippen LogP contribution in [0.2, 0.25) is 0 Å². The molecule has 1 N–H and O–H groups in total. The minimum absolute atomic E-state index is 0.130. The molecule has 0 amide bonds. The van der Waals surface area contributed by atoms with Crippen LogP contribution in [0.15, 0.2) is 0 Å². The van der Waals surface area contributed by atoms with E-state index in [1.165, 1.54) is 51.4 Å². The van der Waals surface area contributed by atoms with Gasteiger partial charge in [-0.2, -0.15) is 0 Å². The van der Waals surface area contributed by atoms with Crippen molar-refractivity contribution in [1.29, 1.82) is 0 Å². The van der Waals surface area contributed by atoms with E-state index in [9.17, 15) is 0 Å². The van der Waals surface area contributed by atoms with Crippen LogP contribution in [0.1, 0.15) is 65.2 Å². The first-order chi connectivity index (χ1) is 8.72. The highest BCUT2D eigenvalue weighted by Crippen LogP contribution is 2.42. The summed E-state index contributed by atoms with van der Waals surface area (Å²) in [6.07, 6.45) is 10.8. The zero-order valence-electron chi connectivity index (χ0n) is 12.5. The quantitative estimate of drug-likeness (QED) is 0.805. The van der Waals surface area contributed by atoms with Gasteiger partial charge in [0.1, 0.15) is 0 Å². The molecule has 0 spiro atoms.